The first-order valence-electron chi connectivity index (χ1n) is 3.41. The molecule has 0 saturated heterocycles. The minimum absolute atomic E-state index is 0.249. The Balaban J connectivity index is 3.62. The van der Waals surface area contributed by atoms with Crippen molar-refractivity contribution in [1.82, 2.24) is 5.43 Å². The van der Waals surface area contributed by atoms with Crippen LogP contribution in [0, 0.1) is 10.1 Å². The number of nitrogens with zero attached hydrogens (tertiary/aromatic N) is 2. The molecule has 7 nitrogen and oxygen atoms in total. The lowest BCUT2D eigenvalue weighted by Crippen LogP contribution is -2.36. The van der Waals surface area contributed by atoms with Crippen LogP contribution < -0.4 is 11.2 Å². The first-order chi connectivity index (χ1) is 5.52. The number of nitrogens with two attached hydrogens (primary N) is 1. The molecule has 4 N–H and O–H groups in total. The lowest BCUT2D eigenvalue weighted by molar-refractivity contribution is -0.525. The van der Waals surface area contributed by atoms with Crippen molar-refractivity contribution in [2.75, 3.05) is 6.54 Å². The molecule has 1 atom stereocenters. The maximum Gasteiger partial charge on any atom is 0.251 e. The van der Waals surface area contributed by atoms with E-state index in [0.29, 0.717) is 6.42 Å². The number of aliphatic hydroxyl groups excluding tert-OH is 1. The van der Waals surface area contributed by atoms with Gasteiger partial charge in [0.1, 0.15) is 0 Å². The highest BCUT2D eigenvalue weighted by atomic mass is 16.7. The number of aliphatic imine (C=N–C) groups is 1. The van der Waals surface area contributed by atoms with E-state index in [2.05, 4.69) is 4.99 Å². The van der Waals surface area contributed by atoms with Gasteiger partial charge in [-0.3, -0.25) is 0 Å². The molecule has 0 saturated carbocycles. The number of hydrazine groups is 1. The van der Waals surface area contributed by atoms with Crippen molar-refractivity contribution in [3.63, 3.8) is 0 Å². The molecular weight excluding hydrogens is 164 g/mol. The van der Waals surface area contributed by atoms with Crippen molar-refractivity contribution in [3.05, 3.63) is 10.1 Å². The number of hydrogen-bond donors (Lipinski definition) is 3. The molecule has 0 bridgehead atoms. The van der Waals surface area contributed by atoms with Gasteiger partial charge in [-0.1, -0.05) is 5.43 Å². The van der Waals surface area contributed by atoms with Crippen LogP contribution in [0.4, 0.5) is 0 Å². The molecule has 1 unspecified atom stereocenters. The van der Waals surface area contributed by atoms with E-state index in [9.17, 15) is 10.1 Å². The van der Waals surface area contributed by atoms with E-state index in [4.69, 9.17) is 10.8 Å². The minimum atomic E-state index is -0.790. The van der Waals surface area contributed by atoms with E-state index in [0.717, 1.165) is 0 Å². The molecule has 0 aromatic carbocycles. The number of nitro groups is 1. The number of rotatable bonds is 4. The summed E-state index contributed by atoms with van der Waals surface area (Å²) in [6, 6.07) is 0. The van der Waals surface area contributed by atoms with Crippen LogP contribution in [0.1, 0.15) is 13.3 Å². The Morgan fingerprint density at radius 3 is 2.92 bits per heavy atom. The fourth-order valence-corrected chi connectivity index (χ4v) is 0.501. The van der Waals surface area contributed by atoms with Gasteiger partial charge < -0.3 is 10.8 Å². The molecule has 0 aliphatic carbocycles. The average molecular weight is 176 g/mol. The summed E-state index contributed by atoms with van der Waals surface area (Å²) in [5.41, 5.74) is 6.76. The third kappa shape index (κ3) is 6.75. The first-order valence-corrected chi connectivity index (χ1v) is 3.41. The smallest absolute Gasteiger partial charge is 0.251 e. The minimum Gasteiger partial charge on any atom is -0.393 e. The normalized spacial score (nSPS) is 14.0. The molecule has 12 heavy (non-hydrogen) atoms. The Bertz CT molecular complexity index is 180. The molecule has 0 radical (unpaired) electrons. The highest BCUT2D eigenvalue weighted by Crippen LogP contribution is 1.88. The maximum atomic E-state index is 9.79. The standard InChI is InChI=1S/C5H12N4O3/c1-4(10)2-3-7-5(6)8-9(11)12/h4,10H,2-3H2,1H3,(H3,6,7,8). The van der Waals surface area contributed by atoms with Crippen LogP contribution in [-0.2, 0) is 0 Å². The third-order valence-electron chi connectivity index (χ3n) is 1.03. The fraction of sp³-hybridized carbons (Fsp3) is 0.800. The predicted molar refractivity (Wildman–Crippen MR) is 42.9 cm³/mol. The molecule has 0 fully saturated rings. The summed E-state index contributed by atoms with van der Waals surface area (Å²) in [6.07, 6.45) is -0.0442. The summed E-state index contributed by atoms with van der Waals surface area (Å²) in [5.74, 6) is -0.249. The largest absolute Gasteiger partial charge is 0.393 e. The molecule has 0 aromatic heterocycles. The topological polar surface area (TPSA) is 114 Å². The highest BCUT2D eigenvalue weighted by molar-refractivity contribution is 5.76. The van der Waals surface area contributed by atoms with Crippen LogP contribution in [0.3, 0.4) is 0 Å². The van der Waals surface area contributed by atoms with Gasteiger partial charge in [0, 0.05) is 6.54 Å². The number of nitrogens with one attached hydrogen (secondary N) is 1. The van der Waals surface area contributed by atoms with Crippen molar-refractivity contribution >= 4 is 5.96 Å². The van der Waals surface area contributed by atoms with Gasteiger partial charge in [-0.15, -0.1) is 0 Å². The number of aliphatic hydroxyl groups is 1. The van der Waals surface area contributed by atoms with Crippen LogP contribution in [0.25, 0.3) is 0 Å². The molecule has 0 aliphatic rings. The molecule has 0 spiro atoms. The number of guanidine groups is 1. The molecule has 0 amide bonds. The van der Waals surface area contributed by atoms with Crippen LogP contribution in [-0.4, -0.2) is 28.7 Å². The van der Waals surface area contributed by atoms with E-state index in [-0.39, 0.29) is 12.5 Å². The Labute approximate surface area is 69.4 Å². The van der Waals surface area contributed by atoms with Gasteiger partial charge in [0.05, 0.1) is 6.10 Å². The van der Waals surface area contributed by atoms with Crippen molar-refractivity contribution in [1.29, 1.82) is 0 Å². The molecule has 0 heterocycles. The summed E-state index contributed by atoms with van der Waals surface area (Å²) in [5, 5.41) is 17.8. The van der Waals surface area contributed by atoms with Gasteiger partial charge in [0.2, 0.25) is 0 Å². The van der Waals surface area contributed by atoms with Crippen molar-refractivity contribution in [2.24, 2.45) is 10.7 Å². The van der Waals surface area contributed by atoms with E-state index >= 15 is 0 Å². The Hall–Kier alpha value is -1.37. The second kappa shape index (κ2) is 5.30. The zero-order valence-electron chi connectivity index (χ0n) is 6.73. The van der Waals surface area contributed by atoms with Crippen molar-refractivity contribution in [3.8, 4) is 0 Å². The van der Waals surface area contributed by atoms with E-state index < -0.39 is 11.1 Å². The second-order valence-corrected chi connectivity index (χ2v) is 2.27. The van der Waals surface area contributed by atoms with Crippen LogP contribution in [0.15, 0.2) is 4.99 Å². The van der Waals surface area contributed by atoms with Crippen LogP contribution in [0.2, 0.25) is 0 Å². The van der Waals surface area contributed by atoms with Crippen molar-refractivity contribution in [2.45, 2.75) is 19.4 Å². The summed E-state index contributed by atoms with van der Waals surface area (Å²) in [7, 11) is 0. The molecule has 0 aromatic rings. The Morgan fingerprint density at radius 1 is 1.92 bits per heavy atom. The van der Waals surface area contributed by atoms with Gasteiger partial charge in [0.25, 0.3) is 5.96 Å². The van der Waals surface area contributed by atoms with Gasteiger partial charge in [-0.2, -0.15) is 0 Å². The quantitative estimate of drug-likeness (QED) is 0.217. The van der Waals surface area contributed by atoms with E-state index in [1.165, 1.54) is 0 Å². The summed E-state index contributed by atoms with van der Waals surface area (Å²) >= 11 is 0. The average Bonchev–Trinajstić information content (AvgIpc) is 1.84. The Kier molecular flexibility index (Phi) is 4.70. The lowest BCUT2D eigenvalue weighted by Gasteiger charge is -1.99. The van der Waals surface area contributed by atoms with Gasteiger partial charge in [0.15, 0.2) is 5.03 Å². The van der Waals surface area contributed by atoms with Gasteiger partial charge in [-0.25, -0.2) is 15.1 Å². The molecular formula is C5H12N4O3. The van der Waals surface area contributed by atoms with E-state index in [1.807, 2.05) is 0 Å². The molecule has 70 valence electrons. The highest BCUT2D eigenvalue weighted by Gasteiger charge is 1.98. The van der Waals surface area contributed by atoms with Crippen molar-refractivity contribution < 1.29 is 10.1 Å². The van der Waals surface area contributed by atoms with E-state index in [1.54, 1.807) is 12.3 Å². The molecule has 0 aliphatic heterocycles. The fourth-order valence-electron chi connectivity index (χ4n) is 0.501. The Morgan fingerprint density at radius 2 is 2.50 bits per heavy atom. The third-order valence-corrected chi connectivity index (χ3v) is 1.03. The molecule has 7 heteroatoms. The second-order valence-electron chi connectivity index (χ2n) is 2.27. The monoisotopic (exact) mass is 176 g/mol. The van der Waals surface area contributed by atoms with Gasteiger partial charge in [-0.05, 0) is 13.3 Å². The zero-order chi connectivity index (χ0) is 9.56. The lowest BCUT2D eigenvalue weighted by atomic mass is 10.3. The zero-order valence-corrected chi connectivity index (χ0v) is 6.73. The summed E-state index contributed by atoms with van der Waals surface area (Å²) in [4.78, 5) is 13.4. The number of hydrogen-bond acceptors (Lipinski definition) is 4. The SMILES string of the molecule is CC(O)CCN=C(N)N[N+](=O)[O-]. The molecule has 0 rings (SSSR count). The van der Waals surface area contributed by atoms with Crippen LogP contribution in [0.5, 0.6) is 0 Å². The summed E-state index contributed by atoms with van der Waals surface area (Å²) in [6.45, 7) is 1.87. The van der Waals surface area contributed by atoms with Crippen LogP contribution >= 0.6 is 0 Å². The first kappa shape index (κ1) is 10.6. The maximum absolute atomic E-state index is 9.79. The van der Waals surface area contributed by atoms with Gasteiger partial charge >= 0.3 is 0 Å². The predicted octanol–water partition coefficient (Wildman–Crippen LogP) is -1.15. The summed E-state index contributed by atoms with van der Waals surface area (Å²) < 4.78 is 0.